The third kappa shape index (κ3) is 1.77. The van der Waals surface area contributed by atoms with Crippen molar-refractivity contribution in [2.45, 2.75) is 13.1 Å². The van der Waals surface area contributed by atoms with Crippen LogP contribution in [0, 0.1) is 11.3 Å². The zero-order valence-corrected chi connectivity index (χ0v) is 9.20. The minimum absolute atomic E-state index is 0. The highest BCUT2D eigenvalue weighted by molar-refractivity contribution is 5.66. The molecule has 0 fully saturated rings. The molecule has 1 aromatic carbocycles. The lowest BCUT2D eigenvalue weighted by Gasteiger charge is -2.19. The second-order valence-corrected chi connectivity index (χ2v) is 3.43. The summed E-state index contributed by atoms with van der Waals surface area (Å²) < 4.78 is 0. The van der Waals surface area contributed by atoms with E-state index in [2.05, 4.69) is 6.07 Å². The van der Waals surface area contributed by atoms with E-state index >= 15 is 0 Å². The first kappa shape index (κ1) is 11.8. The Labute approximate surface area is 95.3 Å². The van der Waals surface area contributed by atoms with E-state index in [9.17, 15) is 0 Å². The Morgan fingerprint density at radius 1 is 1.53 bits per heavy atom. The van der Waals surface area contributed by atoms with E-state index < -0.39 is 0 Å². The molecule has 0 aromatic heterocycles. The largest absolute Gasteiger partial charge is 1.00 e. The Morgan fingerprint density at radius 2 is 2.20 bits per heavy atom. The van der Waals surface area contributed by atoms with Crippen molar-refractivity contribution in [3.05, 3.63) is 24.3 Å². The van der Waals surface area contributed by atoms with Gasteiger partial charge in [-0.3, -0.25) is 0 Å². The average Bonchev–Trinajstić information content (AvgIpc) is 2.45. The van der Waals surface area contributed by atoms with Crippen LogP contribution < -0.4 is 28.2 Å². The SMILES string of the molecule is CC1N(CC#N)c2ccccc2[NH+]1N.[Cl-]. The van der Waals surface area contributed by atoms with Crippen molar-refractivity contribution in [3.63, 3.8) is 0 Å². The molecule has 4 nitrogen and oxygen atoms in total. The molecular weight excluding hydrogens is 212 g/mol. The summed E-state index contributed by atoms with van der Waals surface area (Å²) in [6.45, 7) is 2.41. The van der Waals surface area contributed by atoms with Gasteiger partial charge in [0.25, 0.3) is 0 Å². The van der Waals surface area contributed by atoms with E-state index in [0.717, 1.165) is 16.4 Å². The number of hydrogen-bond donors (Lipinski definition) is 2. The predicted octanol–water partition coefficient (Wildman–Crippen LogP) is -3.23. The Kier molecular flexibility index (Phi) is 3.53. The van der Waals surface area contributed by atoms with Crippen LogP contribution in [0.25, 0.3) is 0 Å². The number of quaternary nitrogens is 1. The predicted molar refractivity (Wildman–Crippen MR) is 53.7 cm³/mol. The van der Waals surface area contributed by atoms with Gasteiger partial charge in [0.2, 0.25) is 0 Å². The summed E-state index contributed by atoms with van der Waals surface area (Å²) >= 11 is 0. The van der Waals surface area contributed by atoms with Crippen LogP contribution in [0.2, 0.25) is 0 Å². The summed E-state index contributed by atoms with van der Waals surface area (Å²) in [6, 6.07) is 10.1. The molecule has 0 spiro atoms. The smallest absolute Gasteiger partial charge is 0.183 e. The van der Waals surface area contributed by atoms with Gasteiger partial charge in [-0.25, -0.2) is 5.01 Å². The molecule has 1 heterocycles. The Morgan fingerprint density at radius 3 is 2.87 bits per heavy atom. The van der Waals surface area contributed by atoms with Crippen molar-refractivity contribution in [1.82, 2.24) is 0 Å². The first-order valence-corrected chi connectivity index (χ1v) is 4.61. The number of halogens is 1. The van der Waals surface area contributed by atoms with E-state index in [4.69, 9.17) is 11.1 Å². The van der Waals surface area contributed by atoms with Crippen LogP contribution >= 0.6 is 0 Å². The molecule has 0 bridgehead atoms. The Hall–Kier alpha value is -1.28. The number of rotatable bonds is 1. The fourth-order valence-corrected chi connectivity index (χ4v) is 1.87. The van der Waals surface area contributed by atoms with Crippen LogP contribution in [0.5, 0.6) is 0 Å². The topological polar surface area (TPSA) is 57.5 Å². The molecule has 5 heteroatoms. The first-order valence-electron chi connectivity index (χ1n) is 4.61. The monoisotopic (exact) mass is 224 g/mol. The first-order chi connectivity index (χ1) is 6.75. The lowest BCUT2D eigenvalue weighted by Crippen LogP contribution is -3.16. The molecule has 0 radical (unpaired) electrons. The number of nitriles is 1. The number of nitrogens with two attached hydrogens (primary N) is 1. The maximum Gasteiger partial charge on any atom is 0.183 e. The summed E-state index contributed by atoms with van der Waals surface area (Å²) in [4.78, 5) is 2.02. The summed E-state index contributed by atoms with van der Waals surface area (Å²) in [5, 5.41) is 9.57. The van der Waals surface area contributed by atoms with Crippen molar-refractivity contribution < 1.29 is 17.4 Å². The van der Waals surface area contributed by atoms with Gasteiger partial charge in [0.15, 0.2) is 11.9 Å². The molecule has 2 atom stereocenters. The lowest BCUT2D eigenvalue weighted by molar-refractivity contribution is -0.863. The lowest BCUT2D eigenvalue weighted by atomic mass is 10.2. The van der Waals surface area contributed by atoms with Crippen molar-refractivity contribution in [3.8, 4) is 6.07 Å². The maximum absolute atomic E-state index is 8.71. The van der Waals surface area contributed by atoms with Crippen molar-refractivity contribution in [2.24, 2.45) is 5.84 Å². The highest BCUT2D eigenvalue weighted by Crippen LogP contribution is 2.27. The fraction of sp³-hybridized carbons (Fsp3) is 0.300. The molecular formula is C10H13ClN4. The number of nitrogens with one attached hydrogen (secondary N) is 1. The van der Waals surface area contributed by atoms with Gasteiger partial charge in [-0.15, -0.1) is 0 Å². The van der Waals surface area contributed by atoms with Crippen molar-refractivity contribution in [1.29, 1.82) is 5.26 Å². The van der Waals surface area contributed by atoms with Gasteiger partial charge in [0.1, 0.15) is 12.2 Å². The number of nitrogens with zero attached hydrogens (tertiary/aromatic N) is 2. The molecule has 15 heavy (non-hydrogen) atoms. The highest BCUT2D eigenvalue weighted by atomic mass is 35.5. The number of anilines is 1. The molecule has 3 N–H and O–H groups in total. The minimum Gasteiger partial charge on any atom is -1.00 e. The summed E-state index contributed by atoms with van der Waals surface area (Å²) in [5.41, 5.74) is 2.13. The second kappa shape index (κ2) is 4.49. The van der Waals surface area contributed by atoms with Crippen LogP contribution in [0.1, 0.15) is 6.92 Å². The molecule has 2 rings (SSSR count). The number of benzene rings is 1. The molecule has 0 aliphatic carbocycles. The third-order valence-electron chi connectivity index (χ3n) is 2.68. The molecule has 0 saturated heterocycles. The number of hydrogen-bond acceptors (Lipinski definition) is 3. The molecule has 0 saturated carbocycles. The summed E-state index contributed by atoms with van der Waals surface area (Å²) in [5.74, 6) is 5.98. The standard InChI is InChI=1S/C10H12N4.ClH/c1-8-13(7-6-11)9-4-2-3-5-10(9)14(8)12;/h2-5,8H,7,12H2,1H3;1H. The maximum atomic E-state index is 8.71. The van der Waals surface area contributed by atoms with Crippen LogP contribution in [0.4, 0.5) is 11.4 Å². The molecule has 80 valence electrons. The van der Waals surface area contributed by atoms with Crippen LogP contribution in [0.3, 0.4) is 0 Å². The van der Waals surface area contributed by atoms with E-state index in [1.54, 1.807) is 0 Å². The Balaban J connectivity index is 0.00000112. The van der Waals surface area contributed by atoms with Crippen LogP contribution in [-0.2, 0) is 0 Å². The van der Waals surface area contributed by atoms with Crippen LogP contribution in [0.15, 0.2) is 24.3 Å². The van der Waals surface area contributed by atoms with E-state index in [0.29, 0.717) is 6.54 Å². The molecule has 0 amide bonds. The number of nitrogen functional groups attached to an aromatic ring is 1. The summed E-state index contributed by atoms with van der Waals surface area (Å²) in [6.07, 6.45) is 0.132. The minimum atomic E-state index is 0. The van der Waals surface area contributed by atoms with Gasteiger partial charge in [-0.2, -0.15) is 11.1 Å². The van der Waals surface area contributed by atoms with Crippen molar-refractivity contribution >= 4 is 11.4 Å². The molecule has 2 unspecified atom stereocenters. The van der Waals surface area contributed by atoms with Crippen molar-refractivity contribution in [2.75, 3.05) is 11.4 Å². The fourth-order valence-electron chi connectivity index (χ4n) is 1.87. The number of fused-ring (bicyclic) bond motifs is 1. The highest BCUT2D eigenvalue weighted by Gasteiger charge is 2.35. The van der Waals surface area contributed by atoms with Gasteiger partial charge in [0, 0.05) is 13.0 Å². The number of para-hydroxylation sites is 2. The Bertz CT molecular complexity index is 387. The molecule has 1 aromatic rings. The third-order valence-corrected chi connectivity index (χ3v) is 2.68. The van der Waals surface area contributed by atoms with E-state index in [-0.39, 0.29) is 18.6 Å². The van der Waals surface area contributed by atoms with E-state index in [1.807, 2.05) is 36.1 Å². The van der Waals surface area contributed by atoms with Gasteiger partial charge in [-0.1, -0.05) is 12.1 Å². The second-order valence-electron chi connectivity index (χ2n) is 3.43. The average molecular weight is 225 g/mol. The molecule has 1 aliphatic rings. The van der Waals surface area contributed by atoms with Gasteiger partial charge in [-0.05, 0) is 6.07 Å². The van der Waals surface area contributed by atoms with Gasteiger partial charge >= 0.3 is 0 Å². The van der Waals surface area contributed by atoms with Gasteiger partial charge in [0.05, 0.1) is 6.07 Å². The summed E-state index contributed by atoms with van der Waals surface area (Å²) in [7, 11) is 0. The van der Waals surface area contributed by atoms with Gasteiger partial charge < -0.3 is 17.3 Å². The normalized spacial score (nSPS) is 22.9. The van der Waals surface area contributed by atoms with E-state index in [1.165, 1.54) is 0 Å². The molecule has 1 aliphatic heterocycles. The quantitative estimate of drug-likeness (QED) is 0.390. The van der Waals surface area contributed by atoms with Crippen LogP contribution in [-0.4, -0.2) is 12.7 Å². The zero-order valence-electron chi connectivity index (χ0n) is 8.44. The zero-order chi connectivity index (χ0) is 10.1.